The van der Waals surface area contributed by atoms with Crippen molar-refractivity contribution in [2.24, 2.45) is 0 Å². The Morgan fingerprint density at radius 2 is 1.67 bits per heavy atom. The molecule has 3 aromatic rings. The van der Waals surface area contributed by atoms with Gasteiger partial charge in [0, 0.05) is 23.2 Å². The lowest BCUT2D eigenvalue weighted by Gasteiger charge is -2.12. The molecule has 4 heteroatoms. The van der Waals surface area contributed by atoms with Crippen molar-refractivity contribution >= 4 is 34.3 Å². The first kappa shape index (κ1) is 19.4. The van der Waals surface area contributed by atoms with Gasteiger partial charge in [-0.15, -0.1) is 11.8 Å². The van der Waals surface area contributed by atoms with Crippen molar-refractivity contribution in [3.05, 3.63) is 64.2 Å². The molecule has 0 saturated heterocycles. The lowest BCUT2D eigenvalue weighted by atomic mass is 10.0. The third-order valence-electron chi connectivity index (χ3n) is 4.76. The maximum absolute atomic E-state index is 12.3. The fourth-order valence-corrected chi connectivity index (χ4v) is 4.26. The topological polar surface area (TPSA) is 42.0 Å². The number of pyridine rings is 1. The molecule has 0 bridgehead atoms. The smallest absolute Gasteiger partial charge is 0.225 e. The van der Waals surface area contributed by atoms with Gasteiger partial charge >= 0.3 is 0 Å². The summed E-state index contributed by atoms with van der Waals surface area (Å²) in [6.07, 6.45) is 0.462. The lowest BCUT2D eigenvalue weighted by molar-refractivity contribution is -0.115. The number of carbonyl (C=O) groups is 1. The van der Waals surface area contributed by atoms with Crippen LogP contribution in [0.15, 0.2) is 41.4 Å². The van der Waals surface area contributed by atoms with Gasteiger partial charge in [-0.2, -0.15) is 0 Å². The standard InChI is InChI=1S/C23H26N2OS/c1-14-11-18(5)23-19(12-14)17(4)13-21(25-23)27-10-9-20(26)24-22-15(2)7-6-8-16(22)3/h6-8,11-13H,9-10H2,1-5H3,(H,24,26). The van der Waals surface area contributed by atoms with E-state index in [9.17, 15) is 4.79 Å². The highest BCUT2D eigenvalue weighted by molar-refractivity contribution is 7.99. The lowest BCUT2D eigenvalue weighted by Crippen LogP contribution is -2.14. The fourth-order valence-electron chi connectivity index (χ4n) is 3.35. The van der Waals surface area contributed by atoms with E-state index >= 15 is 0 Å². The quantitative estimate of drug-likeness (QED) is 0.562. The number of carbonyl (C=O) groups excluding carboxylic acids is 1. The average Bonchev–Trinajstić information content (AvgIpc) is 2.59. The van der Waals surface area contributed by atoms with Gasteiger partial charge < -0.3 is 5.32 Å². The number of amides is 1. The van der Waals surface area contributed by atoms with Crippen molar-refractivity contribution in [2.45, 2.75) is 46.1 Å². The summed E-state index contributed by atoms with van der Waals surface area (Å²) in [5.41, 5.74) is 7.86. The predicted octanol–water partition coefficient (Wildman–Crippen LogP) is 5.90. The first-order chi connectivity index (χ1) is 12.8. The van der Waals surface area contributed by atoms with Crippen LogP contribution in [-0.4, -0.2) is 16.6 Å². The molecule has 0 aliphatic rings. The number of nitrogens with one attached hydrogen (secondary N) is 1. The molecule has 3 rings (SSSR count). The number of fused-ring (bicyclic) bond motifs is 1. The second kappa shape index (κ2) is 8.13. The molecule has 1 heterocycles. The van der Waals surface area contributed by atoms with Crippen molar-refractivity contribution in [1.29, 1.82) is 0 Å². The molecule has 0 saturated carbocycles. The Kier molecular flexibility index (Phi) is 5.85. The number of aryl methyl sites for hydroxylation is 5. The van der Waals surface area contributed by atoms with Gasteiger partial charge in [0.15, 0.2) is 0 Å². The molecule has 0 atom stereocenters. The van der Waals surface area contributed by atoms with E-state index in [4.69, 9.17) is 4.98 Å². The van der Waals surface area contributed by atoms with Gasteiger partial charge in [-0.1, -0.05) is 29.8 Å². The van der Waals surface area contributed by atoms with Crippen LogP contribution in [-0.2, 0) is 4.79 Å². The van der Waals surface area contributed by atoms with Crippen LogP contribution in [0.25, 0.3) is 10.9 Å². The Bertz CT molecular complexity index is 991. The summed E-state index contributed by atoms with van der Waals surface area (Å²) >= 11 is 1.64. The summed E-state index contributed by atoms with van der Waals surface area (Å²) in [6.45, 7) is 10.4. The number of thioether (sulfide) groups is 1. The van der Waals surface area contributed by atoms with Gasteiger partial charge in [0.05, 0.1) is 10.5 Å². The largest absolute Gasteiger partial charge is 0.326 e. The summed E-state index contributed by atoms with van der Waals surface area (Å²) in [7, 11) is 0. The zero-order chi connectivity index (χ0) is 19.6. The van der Waals surface area contributed by atoms with Gasteiger partial charge in [-0.3, -0.25) is 4.79 Å². The Hall–Kier alpha value is -2.33. The zero-order valence-corrected chi connectivity index (χ0v) is 17.5. The van der Waals surface area contributed by atoms with Crippen LogP contribution in [0.2, 0.25) is 0 Å². The van der Waals surface area contributed by atoms with Gasteiger partial charge in [-0.25, -0.2) is 4.98 Å². The number of hydrogen-bond donors (Lipinski definition) is 1. The summed E-state index contributed by atoms with van der Waals surface area (Å²) < 4.78 is 0. The second-order valence-corrected chi connectivity index (χ2v) is 8.28. The van der Waals surface area contributed by atoms with Crippen LogP contribution in [0, 0.1) is 34.6 Å². The van der Waals surface area contributed by atoms with Gasteiger partial charge in [-0.05, 0) is 69.0 Å². The van der Waals surface area contributed by atoms with E-state index in [1.54, 1.807) is 11.8 Å². The molecular weight excluding hydrogens is 352 g/mol. The summed E-state index contributed by atoms with van der Waals surface area (Å²) in [5.74, 6) is 0.754. The molecule has 0 aliphatic carbocycles. The molecular formula is C23H26N2OS. The van der Waals surface area contributed by atoms with Crippen molar-refractivity contribution < 1.29 is 4.79 Å². The Morgan fingerprint density at radius 3 is 2.37 bits per heavy atom. The van der Waals surface area contributed by atoms with Crippen molar-refractivity contribution in [3.63, 3.8) is 0 Å². The molecule has 1 N–H and O–H groups in total. The maximum Gasteiger partial charge on any atom is 0.225 e. The van der Waals surface area contributed by atoms with Gasteiger partial charge in [0.2, 0.25) is 5.91 Å². The van der Waals surface area contributed by atoms with E-state index in [2.05, 4.69) is 44.3 Å². The van der Waals surface area contributed by atoms with Crippen LogP contribution in [0.3, 0.4) is 0 Å². The number of hydrogen-bond acceptors (Lipinski definition) is 3. The minimum Gasteiger partial charge on any atom is -0.326 e. The van der Waals surface area contributed by atoms with Crippen molar-refractivity contribution in [2.75, 3.05) is 11.1 Å². The maximum atomic E-state index is 12.3. The Balaban J connectivity index is 1.66. The highest BCUT2D eigenvalue weighted by Crippen LogP contribution is 2.27. The van der Waals surface area contributed by atoms with Crippen molar-refractivity contribution in [1.82, 2.24) is 4.98 Å². The number of rotatable bonds is 5. The molecule has 0 fully saturated rings. The number of anilines is 1. The average molecular weight is 379 g/mol. The second-order valence-electron chi connectivity index (χ2n) is 7.17. The first-order valence-corrected chi connectivity index (χ1v) is 10.2. The van der Waals surface area contributed by atoms with E-state index in [0.717, 1.165) is 27.4 Å². The van der Waals surface area contributed by atoms with Gasteiger partial charge in [0.25, 0.3) is 0 Å². The molecule has 3 nitrogen and oxygen atoms in total. The van der Waals surface area contributed by atoms with Crippen LogP contribution in [0.4, 0.5) is 5.69 Å². The van der Waals surface area contributed by atoms with E-state index in [0.29, 0.717) is 12.2 Å². The molecule has 0 spiro atoms. The monoisotopic (exact) mass is 378 g/mol. The zero-order valence-electron chi connectivity index (χ0n) is 16.6. The Labute approximate surface area is 165 Å². The predicted molar refractivity (Wildman–Crippen MR) is 116 cm³/mol. The van der Waals surface area contributed by atoms with Crippen LogP contribution < -0.4 is 5.32 Å². The summed E-state index contributed by atoms with van der Waals surface area (Å²) in [6, 6.07) is 12.5. The van der Waals surface area contributed by atoms with E-state index in [1.807, 2.05) is 32.0 Å². The SMILES string of the molecule is Cc1cc(C)c2nc(SCCC(=O)Nc3c(C)cccc3C)cc(C)c2c1. The molecule has 2 aromatic carbocycles. The molecule has 140 valence electrons. The number of nitrogens with zero attached hydrogens (tertiary/aromatic N) is 1. The summed E-state index contributed by atoms with van der Waals surface area (Å²) in [4.78, 5) is 17.2. The third kappa shape index (κ3) is 4.51. The van der Waals surface area contributed by atoms with Crippen LogP contribution in [0.1, 0.15) is 34.2 Å². The molecule has 1 amide bonds. The van der Waals surface area contributed by atoms with Crippen LogP contribution >= 0.6 is 11.8 Å². The number of aromatic nitrogens is 1. The minimum atomic E-state index is 0.0456. The van der Waals surface area contributed by atoms with Crippen molar-refractivity contribution in [3.8, 4) is 0 Å². The Morgan fingerprint density at radius 1 is 0.963 bits per heavy atom. The summed E-state index contributed by atoms with van der Waals surface area (Å²) in [5, 5.41) is 5.24. The number of benzene rings is 2. The van der Waals surface area contributed by atoms with E-state index in [1.165, 1.54) is 22.1 Å². The normalized spacial score (nSPS) is 11.0. The van der Waals surface area contributed by atoms with E-state index in [-0.39, 0.29) is 5.91 Å². The molecule has 0 aliphatic heterocycles. The minimum absolute atomic E-state index is 0.0456. The van der Waals surface area contributed by atoms with E-state index < -0.39 is 0 Å². The highest BCUT2D eigenvalue weighted by Gasteiger charge is 2.10. The molecule has 1 aromatic heterocycles. The molecule has 27 heavy (non-hydrogen) atoms. The third-order valence-corrected chi connectivity index (χ3v) is 5.67. The van der Waals surface area contributed by atoms with Crippen LogP contribution in [0.5, 0.6) is 0 Å². The highest BCUT2D eigenvalue weighted by atomic mass is 32.2. The molecule has 0 unspecified atom stereocenters. The first-order valence-electron chi connectivity index (χ1n) is 9.22. The molecule has 0 radical (unpaired) electrons. The fraction of sp³-hybridized carbons (Fsp3) is 0.304. The number of para-hydroxylation sites is 1. The van der Waals surface area contributed by atoms with Gasteiger partial charge in [0.1, 0.15) is 0 Å².